The van der Waals surface area contributed by atoms with Crippen LogP contribution < -0.4 is 11.1 Å². The smallest absolute Gasteiger partial charge is 0.0574 e. The Morgan fingerprint density at radius 3 is 2.71 bits per heavy atom. The molecule has 1 aromatic carbocycles. The topological polar surface area (TPSA) is 41.3 Å². The molecule has 0 atom stereocenters. The highest BCUT2D eigenvalue weighted by atomic mass is 35.5. The number of benzene rings is 1. The first-order valence-corrected chi connectivity index (χ1v) is 6.37. The second kappa shape index (κ2) is 6.72. The molecule has 0 aliphatic heterocycles. The van der Waals surface area contributed by atoms with Gasteiger partial charge in [0.1, 0.15) is 0 Å². The lowest BCUT2D eigenvalue weighted by Gasteiger charge is -2.21. The Hall–Kier alpha value is -0.930. The van der Waals surface area contributed by atoms with Crippen LogP contribution in [-0.2, 0) is 0 Å². The summed E-state index contributed by atoms with van der Waals surface area (Å²) in [5.74, 6) is 0. The Labute approximate surface area is 109 Å². The van der Waals surface area contributed by atoms with Gasteiger partial charge in [0, 0.05) is 17.6 Å². The van der Waals surface area contributed by atoms with Crippen LogP contribution in [0.1, 0.15) is 20.3 Å². The summed E-state index contributed by atoms with van der Waals surface area (Å²) >= 11 is 5.84. The van der Waals surface area contributed by atoms with E-state index >= 15 is 0 Å². The van der Waals surface area contributed by atoms with Crippen molar-refractivity contribution in [2.45, 2.75) is 26.3 Å². The number of nitrogens with zero attached hydrogens (tertiary/aromatic N) is 1. The van der Waals surface area contributed by atoms with Gasteiger partial charge in [-0.1, -0.05) is 11.6 Å². The Morgan fingerprint density at radius 1 is 1.41 bits per heavy atom. The molecule has 3 N–H and O–H groups in total. The van der Waals surface area contributed by atoms with Gasteiger partial charge in [-0.15, -0.1) is 0 Å². The summed E-state index contributed by atoms with van der Waals surface area (Å²) in [5, 5.41) is 4.00. The van der Waals surface area contributed by atoms with Gasteiger partial charge in [-0.3, -0.25) is 0 Å². The summed E-state index contributed by atoms with van der Waals surface area (Å²) in [6, 6.07) is 6.13. The van der Waals surface area contributed by atoms with Crippen molar-refractivity contribution in [2.75, 3.05) is 31.2 Å². The van der Waals surface area contributed by atoms with Crippen molar-refractivity contribution in [3.05, 3.63) is 23.2 Å². The Kier molecular flexibility index (Phi) is 5.59. The summed E-state index contributed by atoms with van der Waals surface area (Å²) in [5.41, 5.74) is 7.52. The number of hydrogen-bond acceptors (Lipinski definition) is 3. The first-order valence-electron chi connectivity index (χ1n) is 6.00. The summed E-state index contributed by atoms with van der Waals surface area (Å²) in [7, 11) is 2.14. The predicted molar refractivity (Wildman–Crippen MR) is 76.7 cm³/mol. The van der Waals surface area contributed by atoms with Gasteiger partial charge >= 0.3 is 0 Å². The molecule has 1 rings (SSSR count). The minimum atomic E-state index is 0.593. The number of halogens is 1. The predicted octanol–water partition coefficient (Wildman–Crippen LogP) is 3.06. The fourth-order valence-corrected chi connectivity index (χ4v) is 1.68. The number of nitrogen functional groups attached to an aromatic ring is 1. The SMILES string of the molecule is CC(C)N(C)CCCNc1ccc(Cl)cc1N. The maximum atomic E-state index is 5.85. The molecule has 0 aliphatic rings. The molecule has 0 unspecified atom stereocenters. The number of rotatable bonds is 6. The lowest BCUT2D eigenvalue weighted by molar-refractivity contribution is 0.273. The number of hydrogen-bond donors (Lipinski definition) is 2. The van der Waals surface area contributed by atoms with Crippen LogP contribution in [0.15, 0.2) is 18.2 Å². The molecule has 1 aromatic rings. The van der Waals surface area contributed by atoms with E-state index in [1.54, 1.807) is 6.07 Å². The minimum absolute atomic E-state index is 0.593. The highest BCUT2D eigenvalue weighted by molar-refractivity contribution is 6.31. The molecule has 0 amide bonds. The molecule has 0 saturated heterocycles. The van der Waals surface area contributed by atoms with E-state index in [2.05, 4.69) is 31.1 Å². The van der Waals surface area contributed by atoms with E-state index in [1.807, 2.05) is 12.1 Å². The highest BCUT2D eigenvalue weighted by Gasteiger charge is 2.03. The quantitative estimate of drug-likeness (QED) is 0.606. The zero-order chi connectivity index (χ0) is 12.8. The van der Waals surface area contributed by atoms with Crippen LogP contribution in [0.25, 0.3) is 0 Å². The Balaban J connectivity index is 2.31. The fraction of sp³-hybridized carbons (Fsp3) is 0.538. The molecule has 0 aromatic heterocycles. The van der Waals surface area contributed by atoms with E-state index in [0.29, 0.717) is 16.8 Å². The van der Waals surface area contributed by atoms with Gasteiger partial charge in [-0.05, 0) is 52.1 Å². The average Bonchev–Trinajstić information content (AvgIpc) is 2.26. The van der Waals surface area contributed by atoms with Gasteiger partial charge in [0.05, 0.1) is 11.4 Å². The van der Waals surface area contributed by atoms with Crippen molar-refractivity contribution in [3.8, 4) is 0 Å². The van der Waals surface area contributed by atoms with E-state index in [4.69, 9.17) is 17.3 Å². The summed E-state index contributed by atoms with van der Waals surface area (Å²) in [4.78, 5) is 2.33. The van der Waals surface area contributed by atoms with E-state index in [0.717, 1.165) is 25.2 Å². The fourth-order valence-electron chi connectivity index (χ4n) is 1.50. The van der Waals surface area contributed by atoms with Crippen molar-refractivity contribution in [2.24, 2.45) is 0 Å². The maximum Gasteiger partial charge on any atom is 0.0574 e. The maximum absolute atomic E-state index is 5.85. The molecule has 0 heterocycles. The second-order valence-electron chi connectivity index (χ2n) is 4.59. The third kappa shape index (κ3) is 4.84. The molecule has 0 fully saturated rings. The van der Waals surface area contributed by atoms with Gasteiger partial charge in [0.15, 0.2) is 0 Å². The molecule has 3 nitrogen and oxygen atoms in total. The zero-order valence-corrected chi connectivity index (χ0v) is 11.6. The molecule has 0 spiro atoms. The van der Waals surface area contributed by atoms with Crippen molar-refractivity contribution in [1.82, 2.24) is 4.90 Å². The van der Waals surface area contributed by atoms with Crippen molar-refractivity contribution < 1.29 is 0 Å². The van der Waals surface area contributed by atoms with Gasteiger partial charge in [0.25, 0.3) is 0 Å². The third-order valence-electron chi connectivity index (χ3n) is 2.90. The summed E-state index contributed by atoms with van der Waals surface area (Å²) < 4.78 is 0. The monoisotopic (exact) mass is 255 g/mol. The number of nitrogens with one attached hydrogen (secondary N) is 1. The zero-order valence-electron chi connectivity index (χ0n) is 10.8. The number of anilines is 2. The van der Waals surface area contributed by atoms with Crippen LogP contribution in [0, 0.1) is 0 Å². The third-order valence-corrected chi connectivity index (χ3v) is 3.13. The van der Waals surface area contributed by atoms with Crippen LogP contribution in [0.3, 0.4) is 0 Å². The molecule has 4 heteroatoms. The van der Waals surface area contributed by atoms with E-state index in [1.165, 1.54) is 0 Å². The summed E-state index contributed by atoms with van der Waals surface area (Å²) in [6.45, 7) is 6.40. The second-order valence-corrected chi connectivity index (χ2v) is 5.02. The van der Waals surface area contributed by atoms with Crippen LogP contribution in [0.2, 0.25) is 5.02 Å². The molecule has 0 aliphatic carbocycles. The van der Waals surface area contributed by atoms with Crippen LogP contribution in [0.5, 0.6) is 0 Å². The average molecular weight is 256 g/mol. The van der Waals surface area contributed by atoms with Gasteiger partial charge in [0.2, 0.25) is 0 Å². The van der Waals surface area contributed by atoms with Crippen LogP contribution >= 0.6 is 11.6 Å². The van der Waals surface area contributed by atoms with Crippen LogP contribution in [0.4, 0.5) is 11.4 Å². The molecular formula is C13H22ClN3. The largest absolute Gasteiger partial charge is 0.397 e. The van der Waals surface area contributed by atoms with Crippen molar-refractivity contribution in [1.29, 1.82) is 0 Å². The minimum Gasteiger partial charge on any atom is -0.397 e. The first-order chi connectivity index (χ1) is 8.00. The highest BCUT2D eigenvalue weighted by Crippen LogP contribution is 2.22. The molecular weight excluding hydrogens is 234 g/mol. The van der Waals surface area contributed by atoms with Crippen LogP contribution in [-0.4, -0.2) is 31.1 Å². The van der Waals surface area contributed by atoms with Gasteiger partial charge in [-0.25, -0.2) is 0 Å². The molecule has 0 radical (unpaired) electrons. The lowest BCUT2D eigenvalue weighted by atomic mass is 10.2. The molecule has 17 heavy (non-hydrogen) atoms. The molecule has 0 bridgehead atoms. The lowest BCUT2D eigenvalue weighted by Crippen LogP contribution is -2.28. The van der Waals surface area contributed by atoms with E-state index in [-0.39, 0.29) is 0 Å². The standard InChI is InChI=1S/C13H22ClN3/c1-10(2)17(3)8-4-7-16-13-6-5-11(14)9-12(13)15/h5-6,9-10,16H,4,7-8,15H2,1-3H3. The molecule has 0 saturated carbocycles. The Bertz CT molecular complexity index is 353. The molecule has 96 valence electrons. The first kappa shape index (κ1) is 14.1. The Morgan fingerprint density at radius 2 is 2.12 bits per heavy atom. The van der Waals surface area contributed by atoms with E-state index < -0.39 is 0 Å². The van der Waals surface area contributed by atoms with E-state index in [9.17, 15) is 0 Å². The van der Waals surface area contributed by atoms with Crippen molar-refractivity contribution >= 4 is 23.0 Å². The normalized spacial score (nSPS) is 11.2. The van der Waals surface area contributed by atoms with Gasteiger partial charge in [-0.2, -0.15) is 0 Å². The van der Waals surface area contributed by atoms with Gasteiger partial charge < -0.3 is 16.0 Å². The van der Waals surface area contributed by atoms with Crippen molar-refractivity contribution in [3.63, 3.8) is 0 Å². The number of nitrogens with two attached hydrogens (primary N) is 1. The summed E-state index contributed by atoms with van der Waals surface area (Å²) in [6.07, 6.45) is 1.09.